The molecule has 0 saturated carbocycles. The number of carbonyl (C=O) groups is 1. The van der Waals surface area contributed by atoms with Gasteiger partial charge in [-0.2, -0.15) is 0 Å². The molecule has 3 aromatic rings. The summed E-state index contributed by atoms with van der Waals surface area (Å²) in [6.07, 6.45) is 0.390. The van der Waals surface area contributed by atoms with Crippen LogP contribution in [0.25, 0.3) is 11.1 Å². The van der Waals surface area contributed by atoms with Crippen molar-refractivity contribution in [3.63, 3.8) is 0 Å². The maximum Gasteiger partial charge on any atom is 0.227 e. The standard InChI is InChI=1S/C24H23NO2/c26-24(25-15-16-27-23(18-25)22-9-5-2-6-10-22)17-19-11-13-21(14-12-19)20-7-3-1-4-8-20/h1-14,23H,15-18H2. The third kappa shape index (κ3) is 4.26. The van der Waals surface area contributed by atoms with Crippen LogP contribution in [0, 0.1) is 0 Å². The number of rotatable bonds is 4. The quantitative estimate of drug-likeness (QED) is 0.688. The molecule has 1 unspecified atom stereocenters. The number of ether oxygens (including phenoxy) is 1. The minimum Gasteiger partial charge on any atom is -0.370 e. The van der Waals surface area contributed by atoms with Crippen molar-refractivity contribution in [2.75, 3.05) is 19.7 Å². The van der Waals surface area contributed by atoms with Gasteiger partial charge >= 0.3 is 0 Å². The molecule has 3 nitrogen and oxygen atoms in total. The lowest BCUT2D eigenvalue weighted by molar-refractivity contribution is -0.138. The molecule has 136 valence electrons. The van der Waals surface area contributed by atoms with Gasteiger partial charge in [-0.3, -0.25) is 4.79 Å². The number of hydrogen-bond acceptors (Lipinski definition) is 2. The third-order valence-electron chi connectivity index (χ3n) is 5.01. The van der Waals surface area contributed by atoms with Crippen molar-refractivity contribution < 1.29 is 9.53 Å². The van der Waals surface area contributed by atoms with Crippen LogP contribution < -0.4 is 0 Å². The highest BCUT2D eigenvalue weighted by atomic mass is 16.5. The fourth-order valence-corrected chi connectivity index (χ4v) is 3.48. The van der Waals surface area contributed by atoms with E-state index in [0.717, 1.165) is 11.1 Å². The van der Waals surface area contributed by atoms with Crippen LogP contribution in [-0.2, 0) is 16.0 Å². The highest BCUT2D eigenvalue weighted by Gasteiger charge is 2.25. The average Bonchev–Trinajstić information content (AvgIpc) is 2.75. The van der Waals surface area contributed by atoms with Crippen LogP contribution in [0.1, 0.15) is 17.2 Å². The Labute approximate surface area is 160 Å². The lowest BCUT2D eigenvalue weighted by Gasteiger charge is -2.33. The largest absolute Gasteiger partial charge is 0.370 e. The van der Waals surface area contributed by atoms with Crippen molar-refractivity contribution in [1.29, 1.82) is 0 Å². The Bertz CT molecular complexity index is 875. The molecule has 0 bridgehead atoms. The molecule has 4 rings (SSSR count). The maximum atomic E-state index is 12.8. The molecule has 1 atom stereocenters. The van der Waals surface area contributed by atoms with E-state index >= 15 is 0 Å². The van der Waals surface area contributed by atoms with Crippen LogP contribution in [0.3, 0.4) is 0 Å². The zero-order valence-corrected chi connectivity index (χ0v) is 15.3. The van der Waals surface area contributed by atoms with Gasteiger partial charge in [0.25, 0.3) is 0 Å². The zero-order chi connectivity index (χ0) is 18.5. The summed E-state index contributed by atoms with van der Waals surface area (Å²) in [7, 11) is 0. The van der Waals surface area contributed by atoms with Gasteiger partial charge in [0.15, 0.2) is 0 Å². The molecule has 0 aliphatic carbocycles. The molecule has 1 aliphatic heterocycles. The number of morpholine rings is 1. The van der Waals surface area contributed by atoms with Gasteiger partial charge in [0.05, 0.1) is 19.6 Å². The van der Waals surface area contributed by atoms with Gasteiger partial charge in [-0.1, -0.05) is 84.9 Å². The first-order valence-corrected chi connectivity index (χ1v) is 9.38. The first-order valence-electron chi connectivity index (χ1n) is 9.38. The minimum absolute atomic E-state index is 0.0376. The molecule has 0 spiro atoms. The molecule has 1 heterocycles. The van der Waals surface area contributed by atoms with E-state index in [4.69, 9.17) is 4.74 Å². The lowest BCUT2D eigenvalue weighted by atomic mass is 10.0. The first kappa shape index (κ1) is 17.5. The van der Waals surface area contributed by atoms with Gasteiger partial charge in [0.2, 0.25) is 5.91 Å². The van der Waals surface area contributed by atoms with Gasteiger partial charge in [0, 0.05) is 6.54 Å². The Morgan fingerprint density at radius 3 is 2.19 bits per heavy atom. The third-order valence-corrected chi connectivity index (χ3v) is 5.01. The molecule has 1 saturated heterocycles. The van der Waals surface area contributed by atoms with Crippen LogP contribution in [0.4, 0.5) is 0 Å². The summed E-state index contributed by atoms with van der Waals surface area (Å²) in [6.45, 7) is 1.85. The summed E-state index contributed by atoms with van der Waals surface area (Å²) in [5.41, 5.74) is 4.53. The Morgan fingerprint density at radius 2 is 1.48 bits per heavy atom. The van der Waals surface area contributed by atoms with Crippen molar-refractivity contribution in [2.24, 2.45) is 0 Å². The number of nitrogens with zero attached hydrogens (tertiary/aromatic N) is 1. The summed E-state index contributed by atoms with van der Waals surface area (Å²) in [4.78, 5) is 14.7. The summed E-state index contributed by atoms with van der Waals surface area (Å²) < 4.78 is 5.87. The zero-order valence-electron chi connectivity index (χ0n) is 15.3. The molecular weight excluding hydrogens is 334 g/mol. The molecule has 27 heavy (non-hydrogen) atoms. The van der Waals surface area contributed by atoms with Crippen LogP contribution in [0.5, 0.6) is 0 Å². The number of benzene rings is 3. The van der Waals surface area contributed by atoms with Gasteiger partial charge in [-0.05, 0) is 22.3 Å². The van der Waals surface area contributed by atoms with Crippen LogP contribution >= 0.6 is 0 Å². The summed E-state index contributed by atoms with van der Waals surface area (Å²) in [5.74, 6) is 0.159. The highest BCUT2D eigenvalue weighted by molar-refractivity contribution is 5.79. The molecule has 3 heteroatoms. The van der Waals surface area contributed by atoms with Crippen LogP contribution in [-0.4, -0.2) is 30.5 Å². The predicted molar refractivity (Wildman–Crippen MR) is 107 cm³/mol. The monoisotopic (exact) mass is 357 g/mol. The van der Waals surface area contributed by atoms with E-state index in [-0.39, 0.29) is 12.0 Å². The van der Waals surface area contributed by atoms with Crippen molar-refractivity contribution >= 4 is 5.91 Å². The summed E-state index contributed by atoms with van der Waals surface area (Å²) in [6, 6.07) is 28.7. The number of amides is 1. The van der Waals surface area contributed by atoms with Crippen molar-refractivity contribution in [1.82, 2.24) is 4.90 Å². The van der Waals surface area contributed by atoms with E-state index in [2.05, 4.69) is 48.5 Å². The fourth-order valence-electron chi connectivity index (χ4n) is 3.48. The van der Waals surface area contributed by atoms with Gasteiger partial charge in [0.1, 0.15) is 6.10 Å². The predicted octanol–water partition coefficient (Wildman–Crippen LogP) is 4.50. The molecule has 3 aromatic carbocycles. The molecular formula is C24H23NO2. The van der Waals surface area contributed by atoms with Crippen molar-refractivity contribution in [3.05, 3.63) is 96.1 Å². The van der Waals surface area contributed by atoms with Gasteiger partial charge < -0.3 is 9.64 Å². The second-order valence-electron chi connectivity index (χ2n) is 6.85. The second kappa shape index (κ2) is 8.19. The maximum absolute atomic E-state index is 12.8. The Hall–Kier alpha value is -2.91. The summed E-state index contributed by atoms with van der Waals surface area (Å²) >= 11 is 0. The molecule has 0 N–H and O–H groups in total. The fraction of sp³-hybridized carbons (Fsp3) is 0.208. The van der Waals surface area contributed by atoms with Crippen LogP contribution in [0.2, 0.25) is 0 Å². The SMILES string of the molecule is O=C(Cc1ccc(-c2ccccc2)cc1)N1CCOC(c2ccccc2)C1. The smallest absolute Gasteiger partial charge is 0.227 e. The topological polar surface area (TPSA) is 29.5 Å². The number of hydrogen-bond donors (Lipinski definition) is 0. The van der Waals surface area contributed by atoms with E-state index in [1.165, 1.54) is 11.1 Å². The molecule has 0 radical (unpaired) electrons. The van der Waals surface area contributed by atoms with E-state index in [1.54, 1.807) is 0 Å². The first-order chi connectivity index (χ1) is 13.3. The molecule has 0 aromatic heterocycles. The van der Waals surface area contributed by atoms with Crippen molar-refractivity contribution in [2.45, 2.75) is 12.5 Å². The van der Waals surface area contributed by atoms with E-state index in [9.17, 15) is 4.79 Å². The van der Waals surface area contributed by atoms with E-state index in [0.29, 0.717) is 26.1 Å². The molecule has 1 aliphatic rings. The Morgan fingerprint density at radius 1 is 0.852 bits per heavy atom. The molecule has 1 amide bonds. The van der Waals surface area contributed by atoms with E-state index < -0.39 is 0 Å². The average molecular weight is 357 g/mol. The Kier molecular flexibility index (Phi) is 5.31. The normalized spacial score (nSPS) is 16.9. The highest BCUT2D eigenvalue weighted by Crippen LogP contribution is 2.23. The Balaban J connectivity index is 1.40. The van der Waals surface area contributed by atoms with Crippen molar-refractivity contribution in [3.8, 4) is 11.1 Å². The lowest BCUT2D eigenvalue weighted by Crippen LogP contribution is -2.42. The molecule has 1 fully saturated rings. The number of carbonyl (C=O) groups excluding carboxylic acids is 1. The summed E-state index contributed by atoms with van der Waals surface area (Å²) in [5, 5.41) is 0. The minimum atomic E-state index is -0.0376. The van der Waals surface area contributed by atoms with E-state index in [1.807, 2.05) is 41.3 Å². The van der Waals surface area contributed by atoms with Gasteiger partial charge in [-0.25, -0.2) is 0 Å². The van der Waals surface area contributed by atoms with Crippen LogP contribution in [0.15, 0.2) is 84.9 Å². The van der Waals surface area contributed by atoms with Gasteiger partial charge in [-0.15, -0.1) is 0 Å². The second-order valence-corrected chi connectivity index (χ2v) is 6.85.